The number of ether oxygens (including phenoxy) is 1. The highest BCUT2D eigenvalue weighted by Crippen LogP contribution is 2.25. The molecule has 3 nitrogen and oxygen atoms in total. The van der Waals surface area contributed by atoms with Gasteiger partial charge in [0.25, 0.3) is 0 Å². The summed E-state index contributed by atoms with van der Waals surface area (Å²) >= 11 is 0. The van der Waals surface area contributed by atoms with Gasteiger partial charge in [-0.1, -0.05) is 0 Å². The number of benzene rings is 1. The Morgan fingerprint density at radius 3 is 2.47 bits per heavy atom. The quantitative estimate of drug-likeness (QED) is 0.903. The Kier molecular flexibility index (Phi) is 4.81. The largest absolute Gasteiger partial charge is 0.493 e. The van der Waals surface area contributed by atoms with Crippen molar-refractivity contribution in [2.24, 2.45) is 5.92 Å². The highest BCUT2D eigenvalue weighted by Gasteiger charge is 2.13. The molecule has 19 heavy (non-hydrogen) atoms. The van der Waals surface area contributed by atoms with Gasteiger partial charge in [0.1, 0.15) is 5.75 Å². The maximum absolute atomic E-state index is 8.93. The Morgan fingerprint density at radius 2 is 1.89 bits per heavy atom. The number of piperidine rings is 1. The zero-order valence-electron chi connectivity index (χ0n) is 11.8. The number of hydrogen-bond donors (Lipinski definition) is 1. The average Bonchev–Trinajstić information content (AvgIpc) is 2.42. The van der Waals surface area contributed by atoms with Crippen molar-refractivity contribution < 1.29 is 4.74 Å². The predicted octanol–water partition coefficient (Wildman–Crippen LogP) is 2.94. The van der Waals surface area contributed by atoms with Crippen LogP contribution in [0.1, 0.15) is 36.0 Å². The summed E-state index contributed by atoms with van der Waals surface area (Å²) < 4.78 is 5.94. The zero-order chi connectivity index (χ0) is 13.7. The molecule has 0 unspecified atom stereocenters. The average molecular weight is 258 g/mol. The Balaban J connectivity index is 1.90. The van der Waals surface area contributed by atoms with E-state index >= 15 is 0 Å². The van der Waals surface area contributed by atoms with Gasteiger partial charge in [-0.25, -0.2) is 0 Å². The van der Waals surface area contributed by atoms with Gasteiger partial charge in [0.2, 0.25) is 0 Å². The Bertz CT molecular complexity index is 447. The molecule has 0 spiro atoms. The summed E-state index contributed by atoms with van der Waals surface area (Å²) in [5.74, 6) is 1.74. The van der Waals surface area contributed by atoms with E-state index in [4.69, 9.17) is 10.00 Å². The first-order chi connectivity index (χ1) is 9.20. The highest BCUT2D eigenvalue weighted by molar-refractivity contribution is 5.47. The fraction of sp³-hybridized carbons (Fsp3) is 0.562. The highest BCUT2D eigenvalue weighted by atomic mass is 16.5. The second-order valence-electron chi connectivity index (χ2n) is 5.38. The topological polar surface area (TPSA) is 45.0 Å². The fourth-order valence-electron chi connectivity index (χ4n) is 2.74. The molecular formula is C16H22N2O. The number of nitrogens with one attached hydrogen (secondary N) is 1. The van der Waals surface area contributed by atoms with E-state index in [1.54, 1.807) is 0 Å². The van der Waals surface area contributed by atoms with Crippen LogP contribution in [-0.2, 0) is 0 Å². The number of aryl methyl sites for hydroxylation is 2. The van der Waals surface area contributed by atoms with Gasteiger partial charge in [0, 0.05) is 0 Å². The van der Waals surface area contributed by atoms with Crippen molar-refractivity contribution in [2.45, 2.75) is 33.1 Å². The van der Waals surface area contributed by atoms with Crippen molar-refractivity contribution in [1.29, 1.82) is 5.26 Å². The third-order valence-electron chi connectivity index (χ3n) is 3.82. The smallest absolute Gasteiger partial charge is 0.125 e. The van der Waals surface area contributed by atoms with Crippen molar-refractivity contribution in [3.8, 4) is 11.8 Å². The minimum atomic E-state index is 0.709. The lowest BCUT2D eigenvalue weighted by atomic mass is 9.95. The molecule has 1 fully saturated rings. The first-order valence-electron chi connectivity index (χ1n) is 7.05. The molecule has 1 heterocycles. The zero-order valence-corrected chi connectivity index (χ0v) is 11.8. The molecule has 0 amide bonds. The van der Waals surface area contributed by atoms with Gasteiger partial charge in [0.15, 0.2) is 0 Å². The van der Waals surface area contributed by atoms with Gasteiger partial charge in [-0.05, 0) is 75.4 Å². The number of nitriles is 1. The van der Waals surface area contributed by atoms with Crippen LogP contribution < -0.4 is 10.1 Å². The van der Waals surface area contributed by atoms with Crippen molar-refractivity contribution in [3.63, 3.8) is 0 Å². The lowest BCUT2D eigenvalue weighted by Gasteiger charge is -2.23. The number of hydrogen-bond acceptors (Lipinski definition) is 3. The number of nitrogens with zero attached hydrogens (tertiary/aromatic N) is 1. The molecule has 0 saturated carbocycles. The van der Waals surface area contributed by atoms with Crippen LogP contribution >= 0.6 is 0 Å². The molecule has 3 heteroatoms. The van der Waals surface area contributed by atoms with Gasteiger partial charge in [0.05, 0.1) is 18.2 Å². The van der Waals surface area contributed by atoms with E-state index in [-0.39, 0.29) is 0 Å². The number of rotatable bonds is 4. The summed E-state index contributed by atoms with van der Waals surface area (Å²) in [6, 6.07) is 5.97. The summed E-state index contributed by atoms with van der Waals surface area (Å²) in [7, 11) is 0. The molecule has 0 aliphatic carbocycles. The van der Waals surface area contributed by atoms with Crippen molar-refractivity contribution in [1.82, 2.24) is 5.32 Å². The minimum Gasteiger partial charge on any atom is -0.493 e. The van der Waals surface area contributed by atoms with Crippen LogP contribution in [-0.4, -0.2) is 19.7 Å². The summed E-state index contributed by atoms with van der Waals surface area (Å²) in [6.07, 6.45) is 3.64. The third-order valence-corrected chi connectivity index (χ3v) is 3.82. The van der Waals surface area contributed by atoms with E-state index in [0.717, 1.165) is 48.9 Å². The molecular weight excluding hydrogens is 236 g/mol. The predicted molar refractivity (Wildman–Crippen MR) is 76.3 cm³/mol. The lowest BCUT2D eigenvalue weighted by molar-refractivity contribution is 0.249. The molecule has 1 aromatic rings. The SMILES string of the molecule is Cc1cc(C#N)cc(C)c1OCCC1CCNCC1. The minimum absolute atomic E-state index is 0.709. The first kappa shape index (κ1) is 13.9. The van der Waals surface area contributed by atoms with Crippen LogP contribution in [0.2, 0.25) is 0 Å². The molecule has 1 aliphatic rings. The van der Waals surface area contributed by atoms with Crippen molar-refractivity contribution in [2.75, 3.05) is 19.7 Å². The maximum atomic E-state index is 8.93. The van der Waals surface area contributed by atoms with E-state index < -0.39 is 0 Å². The van der Waals surface area contributed by atoms with Gasteiger partial charge in [-0.3, -0.25) is 0 Å². The Morgan fingerprint density at radius 1 is 1.26 bits per heavy atom. The van der Waals surface area contributed by atoms with Crippen LogP contribution in [0, 0.1) is 31.1 Å². The van der Waals surface area contributed by atoms with Gasteiger partial charge >= 0.3 is 0 Å². The second kappa shape index (κ2) is 6.58. The summed E-state index contributed by atoms with van der Waals surface area (Å²) in [5, 5.41) is 12.3. The monoisotopic (exact) mass is 258 g/mol. The van der Waals surface area contributed by atoms with Gasteiger partial charge in [-0.2, -0.15) is 5.26 Å². The van der Waals surface area contributed by atoms with E-state index in [1.165, 1.54) is 12.8 Å². The van der Waals surface area contributed by atoms with Gasteiger partial charge in [-0.15, -0.1) is 0 Å². The summed E-state index contributed by atoms with van der Waals surface area (Å²) in [5.41, 5.74) is 2.82. The van der Waals surface area contributed by atoms with Crippen LogP contribution in [0.25, 0.3) is 0 Å². The molecule has 102 valence electrons. The van der Waals surface area contributed by atoms with Gasteiger partial charge < -0.3 is 10.1 Å². The molecule has 1 aromatic carbocycles. The lowest BCUT2D eigenvalue weighted by Crippen LogP contribution is -2.28. The molecule has 0 atom stereocenters. The summed E-state index contributed by atoms with van der Waals surface area (Å²) in [4.78, 5) is 0. The Hall–Kier alpha value is -1.53. The second-order valence-corrected chi connectivity index (χ2v) is 5.38. The van der Waals surface area contributed by atoms with Crippen molar-refractivity contribution in [3.05, 3.63) is 28.8 Å². The molecule has 2 rings (SSSR count). The molecule has 0 bridgehead atoms. The third kappa shape index (κ3) is 3.71. The maximum Gasteiger partial charge on any atom is 0.125 e. The summed E-state index contributed by atoms with van der Waals surface area (Å²) in [6.45, 7) is 7.07. The van der Waals surface area contributed by atoms with E-state index in [9.17, 15) is 0 Å². The van der Waals surface area contributed by atoms with E-state index in [1.807, 2.05) is 26.0 Å². The molecule has 0 radical (unpaired) electrons. The standard InChI is InChI=1S/C16H22N2O/c1-12-9-15(11-17)10-13(2)16(12)19-8-5-14-3-6-18-7-4-14/h9-10,14,18H,3-8H2,1-2H3. The van der Waals surface area contributed by atoms with Crippen LogP contribution in [0.3, 0.4) is 0 Å². The van der Waals surface area contributed by atoms with Crippen molar-refractivity contribution >= 4 is 0 Å². The first-order valence-corrected chi connectivity index (χ1v) is 7.05. The van der Waals surface area contributed by atoms with Crippen LogP contribution in [0.4, 0.5) is 0 Å². The molecule has 1 saturated heterocycles. The fourth-order valence-corrected chi connectivity index (χ4v) is 2.74. The van der Waals surface area contributed by atoms with E-state index in [0.29, 0.717) is 5.56 Å². The molecule has 0 aromatic heterocycles. The van der Waals surface area contributed by atoms with Crippen LogP contribution in [0.15, 0.2) is 12.1 Å². The normalized spacial score (nSPS) is 16.1. The molecule has 1 N–H and O–H groups in total. The van der Waals surface area contributed by atoms with Crippen LogP contribution in [0.5, 0.6) is 5.75 Å². The van der Waals surface area contributed by atoms with E-state index in [2.05, 4.69) is 11.4 Å². The molecule has 1 aliphatic heterocycles. The Labute approximate surface area is 115 Å².